The number of furan rings is 1. The van der Waals surface area contributed by atoms with E-state index < -0.39 is 0 Å². The summed E-state index contributed by atoms with van der Waals surface area (Å²) in [7, 11) is 2.08. The molecule has 0 fully saturated rings. The predicted molar refractivity (Wildman–Crippen MR) is 86.5 cm³/mol. The molecule has 4 heteroatoms. The van der Waals surface area contributed by atoms with Crippen LogP contribution in [0.4, 0.5) is 5.82 Å². The van der Waals surface area contributed by atoms with Crippen LogP contribution in [-0.2, 0) is 13.1 Å². The molecule has 0 unspecified atom stereocenters. The molecular formula is C17H25N3O. The Morgan fingerprint density at radius 3 is 2.81 bits per heavy atom. The number of aromatic nitrogens is 1. The third-order valence-corrected chi connectivity index (χ3v) is 3.54. The van der Waals surface area contributed by atoms with Crippen LogP contribution in [0.2, 0.25) is 0 Å². The van der Waals surface area contributed by atoms with Crippen molar-refractivity contribution in [2.75, 3.05) is 18.5 Å². The molecule has 0 aliphatic rings. The second-order valence-corrected chi connectivity index (χ2v) is 5.55. The standard InChI is InChI=1S/C17H25N3O/c1-5-7-18-10-16-13(2)9-14(3)19-17(16)20(4)11-15-6-8-21-12-15/h6,8-9,12,18H,5,7,10-11H2,1-4H3. The van der Waals surface area contributed by atoms with E-state index >= 15 is 0 Å². The lowest BCUT2D eigenvalue weighted by atomic mass is 10.1. The molecule has 1 N–H and O–H groups in total. The van der Waals surface area contributed by atoms with Gasteiger partial charge in [0.05, 0.1) is 12.5 Å². The van der Waals surface area contributed by atoms with E-state index in [4.69, 9.17) is 9.40 Å². The van der Waals surface area contributed by atoms with Gasteiger partial charge in [-0.05, 0) is 44.5 Å². The maximum atomic E-state index is 5.15. The van der Waals surface area contributed by atoms with Crippen LogP contribution in [0.25, 0.3) is 0 Å². The van der Waals surface area contributed by atoms with Crippen molar-refractivity contribution in [3.63, 3.8) is 0 Å². The van der Waals surface area contributed by atoms with E-state index in [0.29, 0.717) is 0 Å². The number of aryl methyl sites for hydroxylation is 2. The van der Waals surface area contributed by atoms with Crippen LogP contribution in [0, 0.1) is 13.8 Å². The first-order chi connectivity index (χ1) is 10.1. The summed E-state index contributed by atoms with van der Waals surface area (Å²) in [6.45, 7) is 9.07. The van der Waals surface area contributed by atoms with Crippen molar-refractivity contribution in [2.24, 2.45) is 0 Å². The fourth-order valence-corrected chi connectivity index (χ4v) is 2.50. The predicted octanol–water partition coefficient (Wildman–Crippen LogP) is 3.43. The number of nitrogens with zero attached hydrogens (tertiary/aromatic N) is 2. The van der Waals surface area contributed by atoms with Gasteiger partial charge in [-0.15, -0.1) is 0 Å². The molecule has 21 heavy (non-hydrogen) atoms. The maximum Gasteiger partial charge on any atom is 0.133 e. The summed E-state index contributed by atoms with van der Waals surface area (Å²) in [6.07, 6.45) is 4.63. The second kappa shape index (κ2) is 7.27. The lowest BCUT2D eigenvalue weighted by Gasteiger charge is -2.23. The fourth-order valence-electron chi connectivity index (χ4n) is 2.50. The van der Waals surface area contributed by atoms with Gasteiger partial charge < -0.3 is 14.6 Å². The second-order valence-electron chi connectivity index (χ2n) is 5.55. The number of anilines is 1. The van der Waals surface area contributed by atoms with Gasteiger partial charge >= 0.3 is 0 Å². The summed E-state index contributed by atoms with van der Waals surface area (Å²) >= 11 is 0. The van der Waals surface area contributed by atoms with Gasteiger partial charge in [-0.1, -0.05) is 6.92 Å². The first-order valence-electron chi connectivity index (χ1n) is 7.52. The maximum absolute atomic E-state index is 5.15. The molecule has 0 spiro atoms. The molecule has 0 radical (unpaired) electrons. The van der Waals surface area contributed by atoms with E-state index in [1.54, 1.807) is 12.5 Å². The Bertz CT molecular complexity index is 564. The normalized spacial score (nSPS) is 10.9. The minimum atomic E-state index is 0.799. The molecule has 0 saturated carbocycles. The van der Waals surface area contributed by atoms with E-state index in [1.807, 2.05) is 13.0 Å². The largest absolute Gasteiger partial charge is 0.472 e. The van der Waals surface area contributed by atoms with Crippen molar-refractivity contribution in [3.8, 4) is 0 Å². The average molecular weight is 287 g/mol. The summed E-state index contributed by atoms with van der Waals surface area (Å²) in [5.74, 6) is 1.05. The van der Waals surface area contributed by atoms with E-state index in [1.165, 1.54) is 11.1 Å². The Balaban J connectivity index is 2.22. The molecule has 4 nitrogen and oxygen atoms in total. The molecule has 0 amide bonds. The van der Waals surface area contributed by atoms with Gasteiger partial charge in [0.15, 0.2) is 0 Å². The van der Waals surface area contributed by atoms with E-state index in [2.05, 4.69) is 37.2 Å². The van der Waals surface area contributed by atoms with Crippen molar-refractivity contribution >= 4 is 5.82 Å². The van der Waals surface area contributed by atoms with E-state index in [0.717, 1.165) is 43.1 Å². The Kier molecular flexibility index (Phi) is 5.39. The zero-order valence-corrected chi connectivity index (χ0v) is 13.4. The third kappa shape index (κ3) is 4.08. The first-order valence-corrected chi connectivity index (χ1v) is 7.52. The monoisotopic (exact) mass is 287 g/mol. The molecule has 0 bridgehead atoms. The topological polar surface area (TPSA) is 41.3 Å². The SMILES string of the molecule is CCCNCc1c(C)cc(C)nc1N(C)Cc1ccoc1. The van der Waals surface area contributed by atoms with Crippen molar-refractivity contribution in [3.05, 3.63) is 47.0 Å². The lowest BCUT2D eigenvalue weighted by Crippen LogP contribution is -2.23. The molecule has 2 aromatic rings. The summed E-state index contributed by atoms with van der Waals surface area (Å²) in [6, 6.07) is 4.15. The molecule has 0 saturated heterocycles. The molecule has 2 heterocycles. The van der Waals surface area contributed by atoms with Gasteiger partial charge in [-0.2, -0.15) is 0 Å². The van der Waals surface area contributed by atoms with Gasteiger partial charge in [0.1, 0.15) is 5.82 Å². The summed E-state index contributed by atoms with van der Waals surface area (Å²) < 4.78 is 5.15. The highest BCUT2D eigenvalue weighted by Gasteiger charge is 2.13. The average Bonchev–Trinajstić information content (AvgIpc) is 2.93. The highest BCUT2D eigenvalue weighted by molar-refractivity contribution is 5.51. The highest BCUT2D eigenvalue weighted by atomic mass is 16.3. The summed E-state index contributed by atoms with van der Waals surface area (Å²) in [5, 5.41) is 3.48. The zero-order chi connectivity index (χ0) is 15.2. The van der Waals surface area contributed by atoms with Crippen LogP contribution in [0.1, 0.15) is 35.7 Å². The van der Waals surface area contributed by atoms with E-state index in [9.17, 15) is 0 Å². The molecule has 0 atom stereocenters. The zero-order valence-electron chi connectivity index (χ0n) is 13.4. The Morgan fingerprint density at radius 1 is 1.33 bits per heavy atom. The number of rotatable bonds is 7. The summed E-state index contributed by atoms with van der Waals surface area (Å²) in [5.41, 5.74) is 4.78. The molecule has 2 rings (SSSR count). The first kappa shape index (κ1) is 15.6. The summed E-state index contributed by atoms with van der Waals surface area (Å²) in [4.78, 5) is 6.94. The van der Waals surface area contributed by atoms with Crippen LogP contribution in [0.15, 0.2) is 29.1 Å². The van der Waals surface area contributed by atoms with Crippen LogP contribution in [0.3, 0.4) is 0 Å². The molecule has 0 aromatic carbocycles. The van der Waals surface area contributed by atoms with Crippen molar-refractivity contribution < 1.29 is 4.42 Å². The fraction of sp³-hybridized carbons (Fsp3) is 0.471. The van der Waals surface area contributed by atoms with Gasteiger partial charge in [0.2, 0.25) is 0 Å². The van der Waals surface area contributed by atoms with Crippen LogP contribution >= 0.6 is 0 Å². The van der Waals surface area contributed by atoms with Crippen LogP contribution in [0.5, 0.6) is 0 Å². The number of pyridine rings is 1. The smallest absolute Gasteiger partial charge is 0.133 e. The molecule has 0 aliphatic carbocycles. The van der Waals surface area contributed by atoms with Gasteiger partial charge in [-0.25, -0.2) is 4.98 Å². The van der Waals surface area contributed by atoms with Crippen molar-refractivity contribution in [1.29, 1.82) is 0 Å². The minimum Gasteiger partial charge on any atom is -0.472 e. The van der Waals surface area contributed by atoms with Gasteiger partial charge in [0, 0.05) is 37.0 Å². The van der Waals surface area contributed by atoms with Crippen molar-refractivity contribution in [1.82, 2.24) is 10.3 Å². The number of hydrogen-bond acceptors (Lipinski definition) is 4. The molecule has 0 aliphatic heterocycles. The third-order valence-electron chi connectivity index (χ3n) is 3.54. The Labute approximate surface area is 127 Å². The number of hydrogen-bond donors (Lipinski definition) is 1. The number of nitrogens with one attached hydrogen (secondary N) is 1. The van der Waals surface area contributed by atoms with Gasteiger partial charge in [-0.3, -0.25) is 0 Å². The lowest BCUT2D eigenvalue weighted by molar-refractivity contribution is 0.563. The molecule has 114 valence electrons. The quantitative estimate of drug-likeness (QED) is 0.792. The molecule has 2 aromatic heterocycles. The van der Waals surface area contributed by atoms with E-state index in [-0.39, 0.29) is 0 Å². The Hall–Kier alpha value is -1.81. The Morgan fingerprint density at radius 2 is 2.14 bits per heavy atom. The van der Waals surface area contributed by atoms with Crippen LogP contribution < -0.4 is 10.2 Å². The van der Waals surface area contributed by atoms with Crippen molar-refractivity contribution in [2.45, 2.75) is 40.3 Å². The highest BCUT2D eigenvalue weighted by Crippen LogP contribution is 2.23. The molecular weight excluding hydrogens is 262 g/mol. The minimum absolute atomic E-state index is 0.799. The van der Waals surface area contributed by atoms with Crippen LogP contribution in [-0.4, -0.2) is 18.6 Å². The van der Waals surface area contributed by atoms with Gasteiger partial charge in [0.25, 0.3) is 0 Å².